The van der Waals surface area contributed by atoms with E-state index < -0.39 is 0 Å². The molecule has 3 fully saturated rings. The van der Waals surface area contributed by atoms with Gasteiger partial charge in [-0.05, 0) is 104 Å². The number of allylic oxidation sites excluding steroid dienone is 1. The normalized spacial score (nSPS) is 25.7. The first-order valence-corrected chi connectivity index (χ1v) is 15.4. The van der Waals surface area contributed by atoms with Gasteiger partial charge in [-0.15, -0.1) is 0 Å². The van der Waals surface area contributed by atoms with E-state index in [-0.39, 0.29) is 5.91 Å². The van der Waals surface area contributed by atoms with Crippen molar-refractivity contribution in [3.05, 3.63) is 70.3 Å². The van der Waals surface area contributed by atoms with E-state index in [2.05, 4.69) is 39.1 Å². The monoisotopic (exact) mass is 561 g/mol. The molecule has 2 aromatic carbocycles. The van der Waals surface area contributed by atoms with Crippen molar-refractivity contribution in [2.24, 2.45) is 16.6 Å². The topological polar surface area (TPSA) is 64.8 Å². The Balaban J connectivity index is 1.13. The molecule has 1 amide bonds. The first kappa shape index (κ1) is 27.8. The van der Waals surface area contributed by atoms with Crippen molar-refractivity contribution in [2.45, 2.75) is 39.0 Å². The number of piperidine rings is 1. The van der Waals surface area contributed by atoms with Crippen LogP contribution < -0.4 is 16.0 Å². The number of nitrogens with one attached hydrogen (secondary N) is 1. The van der Waals surface area contributed by atoms with Gasteiger partial charge in [0.15, 0.2) is 0 Å². The highest BCUT2D eigenvalue weighted by atomic mass is 35.5. The number of amides is 1. The van der Waals surface area contributed by atoms with Gasteiger partial charge in [0.2, 0.25) is 5.91 Å². The number of carbonyl (C=O) groups is 1. The summed E-state index contributed by atoms with van der Waals surface area (Å²) in [6.07, 6.45) is 6.26. The van der Waals surface area contributed by atoms with Crippen LogP contribution in [-0.2, 0) is 0 Å². The van der Waals surface area contributed by atoms with Crippen LogP contribution in [0.2, 0.25) is 5.02 Å². The lowest BCUT2D eigenvalue weighted by atomic mass is 9.69. The summed E-state index contributed by atoms with van der Waals surface area (Å²) < 4.78 is 0. The van der Waals surface area contributed by atoms with Crippen LogP contribution in [0.4, 0.5) is 5.69 Å². The van der Waals surface area contributed by atoms with Crippen LogP contribution in [0.3, 0.4) is 0 Å². The van der Waals surface area contributed by atoms with E-state index >= 15 is 0 Å². The van der Waals surface area contributed by atoms with Crippen LogP contribution in [0, 0.1) is 10.8 Å². The van der Waals surface area contributed by atoms with Crippen molar-refractivity contribution >= 4 is 28.8 Å². The molecule has 0 radical (unpaired) electrons. The second-order valence-corrected chi connectivity index (χ2v) is 13.6. The molecule has 3 heterocycles. The Morgan fingerprint density at radius 3 is 2.17 bits per heavy atom. The number of rotatable bonds is 7. The molecule has 1 atom stereocenters. The maximum atomic E-state index is 11.5. The van der Waals surface area contributed by atoms with Gasteiger partial charge < -0.3 is 20.9 Å². The second-order valence-electron chi connectivity index (χ2n) is 13.1. The summed E-state index contributed by atoms with van der Waals surface area (Å²) in [5, 5.41) is 4.31. The molecule has 40 heavy (non-hydrogen) atoms. The zero-order valence-corrected chi connectivity index (χ0v) is 24.7. The number of carbonyl (C=O) groups excluding carboxylic acids is 1. The van der Waals surface area contributed by atoms with E-state index in [0.29, 0.717) is 16.4 Å². The molecule has 4 aliphatic rings. The smallest absolute Gasteiger partial charge is 0.248 e. The lowest BCUT2D eigenvalue weighted by Crippen LogP contribution is -2.58. The average molecular weight is 562 g/mol. The summed E-state index contributed by atoms with van der Waals surface area (Å²) in [6.45, 7) is 13.8. The lowest BCUT2D eigenvalue weighted by molar-refractivity contribution is 0.0329. The van der Waals surface area contributed by atoms with Gasteiger partial charge in [-0.25, -0.2) is 0 Å². The Labute approximate surface area is 244 Å². The second kappa shape index (κ2) is 11.5. The first-order valence-electron chi connectivity index (χ1n) is 15.1. The molecular formula is C33H44ClN5O. The van der Waals surface area contributed by atoms with E-state index in [4.69, 9.17) is 17.3 Å². The first-order chi connectivity index (χ1) is 19.3. The fourth-order valence-corrected chi connectivity index (χ4v) is 7.55. The van der Waals surface area contributed by atoms with Gasteiger partial charge in [-0.2, -0.15) is 0 Å². The van der Waals surface area contributed by atoms with E-state index in [9.17, 15) is 4.79 Å². The molecule has 214 valence electrons. The van der Waals surface area contributed by atoms with Gasteiger partial charge in [0.05, 0.1) is 0 Å². The van der Waals surface area contributed by atoms with Crippen molar-refractivity contribution in [3.8, 4) is 0 Å². The van der Waals surface area contributed by atoms with E-state index in [0.717, 1.165) is 49.9 Å². The number of piperazine rings is 1. The maximum absolute atomic E-state index is 11.5. The Morgan fingerprint density at radius 1 is 0.900 bits per heavy atom. The molecule has 6 nitrogen and oxygen atoms in total. The van der Waals surface area contributed by atoms with Crippen molar-refractivity contribution in [3.63, 3.8) is 0 Å². The summed E-state index contributed by atoms with van der Waals surface area (Å²) in [6, 6.07) is 16.2. The molecular weight excluding hydrogens is 518 g/mol. The van der Waals surface area contributed by atoms with Gasteiger partial charge >= 0.3 is 0 Å². The van der Waals surface area contributed by atoms with Crippen molar-refractivity contribution in [1.82, 2.24) is 15.1 Å². The molecule has 1 spiro atoms. The van der Waals surface area contributed by atoms with Crippen LogP contribution in [0.25, 0.3) is 5.57 Å². The fraction of sp³-hybridized carbons (Fsp3) is 0.545. The highest BCUT2D eigenvalue weighted by Gasteiger charge is 2.41. The number of benzene rings is 2. The maximum Gasteiger partial charge on any atom is 0.248 e. The quantitative estimate of drug-likeness (QED) is 0.504. The molecule has 7 heteroatoms. The highest BCUT2D eigenvalue weighted by molar-refractivity contribution is 6.30. The largest absolute Gasteiger partial charge is 0.369 e. The Morgan fingerprint density at radius 2 is 1.57 bits per heavy atom. The van der Waals surface area contributed by atoms with E-state index in [1.807, 2.05) is 36.4 Å². The molecule has 0 aromatic heterocycles. The number of hydrogen-bond acceptors (Lipinski definition) is 5. The highest BCUT2D eigenvalue weighted by Crippen LogP contribution is 2.45. The number of hydrogen-bond donors (Lipinski definition) is 2. The summed E-state index contributed by atoms with van der Waals surface area (Å²) in [5.41, 5.74) is 12.6. The minimum Gasteiger partial charge on any atom is -0.369 e. The Kier molecular flexibility index (Phi) is 7.97. The fourth-order valence-electron chi connectivity index (χ4n) is 7.43. The molecule has 3 saturated heterocycles. The van der Waals surface area contributed by atoms with Crippen LogP contribution in [0.1, 0.15) is 54.9 Å². The zero-order valence-electron chi connectivity index (χ0n) is 23.9. The minimum absolute atomic E-state index is 0.317. The third-order valence-electron chi connectivity index (χ3n) is 10.1. The van der Waals surface area contributed by atoms with Crippen LogP contribution in [0.15, 0.2) is 54.1 Å². The Hall–Kier alpha value is -2.38. The number of likely N-dealkylation sites (tertiary alicyclic amines) is 1. The SMILES string of the molecule is CC1(CN2CCC3(CC2)CNC3)CCC(c2ccc(Cl)cc2)=C(CN2CCN(c3ccc(C(N)=O)cc3)CC2)C1. The minimum atomic E-state index is -0.375. The van der Waals surface area contributed by atoms with Crippen molar-refractivity contribution in [2.75, 3.05) is 70.3 Å². The van der Waals surface area contributed by atoms with Crippen LogP contribution >= 0.6 is 11.6 Å². The van der Waals surface area contributed by atoms with E-state index in [1.54, 1.807) is 5.57 Å². The molecule has 1 aliphatic carbocycles. The number of nitrogens with two attached hydrogens (primary N) is 1. The zero-order chi connectivity index (χ0) is 27.7. The molecule has 2 aromatic rings. The van der Waals surface area contributed by atoms with Crippen LogP contribution in [0.5, 0.6) is 0 Å². The predicted molar refractivity (Wildman–Crippen MR) is 165 cm³/mol. The summed E-state index contributed by atoms with van der Waals surface area (Å²) in [7, 11) is 0. The summed E-state index contributed by atoms with van der Waals surface area (Å²) >= 11 is 6.26. The van der Waals surface area contributed by atoms with Gasteiger partial charge in [-0.3, -0.25) is 9.69 Å². The van der Waals surface area contributed by atoms with Gasteiger partial charge in [0.1, 0.15) is 0 Å². The predicted octanol–water partition coefficient (Wildman–Crippen LogP) is 4.89. The van der Waals surface area contributed by atoms with Gasteiger partial charge in [-0.1, -0.05) is 36.2 Å². The summed E-state index contributed by atoms with van der Waals surface area (Å²) in [5.74, 6) is -0.375. The van der Waals surface area contributed by atoms with Crippen LogP contribution in [-0.4, -0.2) is 81.2 Å². The van der Waals surface area contributed by atoms with Crippen molar-refractivity contribution in [1.29, 1.82) is 0 Å². The third-order valence-corrected chi connectivity index (χ3v) is 10.3. The number of anilines is 1. The number of primary amides is 1. The lowest BCUT2D eigenvalue weighted by Gasteiger charge is -2.50. The van der Waals surface area contributed by atoms with Gasteiger partial charge in [0.25, 0.3) is 0 Å². The number of halogens is 1. The standard InChI is InChI=1S/C33H44ClN5O/c1-32(24-38-14-12-33(13-15-38)22-36-23-33)11-10-30(25-2-6-28(34)7-3-25)27(20-32)21-37-16-18-39(19-17-37)29-8-4-26(5-9-29)31(35)40/h2-9,36H,10-24H2,1H3,(H2,35,40). The summed E-state index contributed by atoms with van der Waals surface area (Å²) in [4.78, 5) is 19.3. The van der Waals surface area contributed by atoms with Crippen molar-refractivity contribution < 1.29 is 4.79 Å². The molecule has 3 aliphatic heterocycles. The molecule has 0 saturated carbocycles. The third kappa shape index (κ3) is 6.11. The average Bonchev–Trinajstić information content (AvgIpc) is 2.94. The molecule has 0 bridgehead atoms. The number of nitrogens with zero attached hydrogens (tertiary/aromatic N) is 3. The molecule has 1 unspecified atom stereocenters. The molecule has 3 N–H and O–H groups in total. The van der Waals surface area contributed by atoms with Gasteiger partial charge in [0, 0.05) is 68.6 Å². The van der Waals surface area contributed by atoms with E-state index in [1.165, 1.54) is 69.5 Å². The Bertz CT molecular complexity index is 1220. The molecule has 6 rings (SSSR count).